The Kier molecular flexibility index (Phi) is 5.50. The summed E-state index contributed by atoms with van der Waals surface area (Å²) in [5.41, 5.74) is 3.38. The van der Waals surface area contributed by atoms with Crippen molar-refractivity contribution in [1.82, 2.24) is 4.90 Å². The molecule has 2 unspecified atom stereocenters. The zero-order valence-corrected chi connectivity index (χ0v) is 16.4. The maximum Gasteiger partial charge on any atom is 0.162 e. The summed E-state index contributed by atoms with van der Waals surface area (Å²) in [7, 11) is 0. The number of halogens is 1. The van der Waals surface area contributed by atoms with Crippen molar-refractivity contribution < 1.29 is 9.18 Å². The minimum absolute atomic E-state index is 0.0994. The van der Waals surface area contributed by atoms with E-state index in [9.17, 15) is 9.18 Å². The van der Waals surface area contributed by atoms with Gasteiger partial charge < -0.3 is 10.2 Å². The van der Waals surface area contributed by atoms with E-state index in [0.29, 0.717) is 23.9 Å². The first-order valence-corrected chi connectivity index (χ1v) is 10.8. The highest BCUT2D eigenvalue weighted by Gasteiger charge is 2.37. The molecule has 2 heterocycles. The van der Waals surface area contributed by atoms with Gasteiger partial charge in [0.1, 0.15) is 5.82 Å². The van der Waals surface area contributed by atoms with Crippen molar-refractivity contribution in [3.8, 4) is 0 Å². The van der Waals surface area contributed by atoms with Crippen LogP contribution in [-0.2, 0) is 0 Å². The summed E-state index contributed by atoms with van der Waals surface area (Å²) in [4.78, 5) is 16.1. The summed E-state index contributed by atoms with van der Waals surface area (Å²) in [5, 5.41) is 3.74. The lowest BCUT2D eigenvalue weighted by atomic mass is 9.89. The normalized spacial score (nSPS) is 21.4. The smallest absolute Gasteiger partial charge is 0.162 e. The minimum Gasteiger partial charge on any atom is -0.380 e. The largest absolute Gasteiger partial charge is 0.380 e. The Morgan fingerprint density at radius 1 is 1.26 bits per heavy atom. The molecule has 5 heteroatoms. The zero-order valence-electron chi connectivity index (χ0n) is 15.6. The molecule has 0 aromatic heterocycles. The zero-order chi connectivity index (χ0) is 18.8. The van der Waals surface area contributed by atoms with Crippen molar-refractivity contribution in [3.05, 3.63) is 59.4 Å². The predicted molar refractivity (Wildman–Crippen MR) is 109 cm³/mol. The molecular weight excluding hydrogens is 359 g/mol. The van der Waals surface area contributed by atoms with Gasteiger partial charge in [-0.05, 0) is 61.5 Å². The Hall–Kier alpha value is -1.85. The van der Waals surface area contributed by atoms with Gasteiger partial charge in [0.05, 0.1) is 5.69 Å². The van der Waals surface area contributed by atoms with Gasteiger partial charge in [0, 0.05) is 41.9 Å². The van der Waals surface area contributed by atoms with E-state index in [4.69, 9.17) is 0 Å². The van der Waals surface area contributed by atoms with Crippen LogP contribution in [0.15, 0.2) is 47.4 Å². The predicted octanol–water partition coefficient (Wildman–Crippen LogP) is 4.79. The van der Waals surface area contributed by atoms with Crippen LogP contribution in [0, 0.1) is 5.82 Å². The molecule has 2 aliphatic heterocycles. The van der Waals surface area contributed by atoms with Gasteiger partial charge in [0.2, 0.25) is 0 Å². The molecule has 2 aliphatic rings. The second kappa shape index (κ2) is 8.03. The number of nitrogens with one attached hydrogen (secondary N) is 1. The van der Waals surface area contributed by atoms with E-state index in [1.54, 1.807) is 23.9 Å². The molecule has 0 spiro atoms. The van der Waals surface area contributed by atoms with E-state index < -0.39 is 0 Å². The third-order valence-electron chi connectivity index (χ3n) is 5.75. The van der Waals surface area contributed by atoms with Gasteiger partial charge in [-0.3, -0.25) is 4.79 Å². The number of likely N-dealkylation sites (tertiary alicyclic amines) is 1. The molecule has 1 saturated heterocycles. The van der Waals surface area contributed by atoms with E-state index in [1.807, 2.05) is 0 Å². The molecule has 2 atom stereocenters. The first kappa shape index (κ1) is 18.5. The molecule has 27 heavy (non-hydrogen) atoms. The van der Waals surface area contributed by atoms with Crippen LogP contribution in [0.1, 0.15) is 41.1 Å². The Balaban J connectivity index is 1.33. The van der Waals surface area contributed by atoms with Gasteiger partial charge in [0.15, 0.2) is 5.78 Å². The maximum atomic E-state index is 13.0. The van der Waals surface area contributed by atoms with Crippen molar-refractivity contribution >= 4 is 23.2 Å². The number of thioether (sulfide) groups is 1. The van der Waals surface area contributed by atoms with Crippen LogP contribution in [0.3, 0.4) is 0 Å². The van der Waals surface area contributed by atoms with Crippen molar-refractivity contribution in [1.29, 1.82) is 0 Å². The molecule has 3 nitrogen and oxygen atoms in total. The first-order chi connectivity index (χ1) is 13.2. The number of anilines is 1. The molecule has 1 N–H and O–H groups in total. The summed E-state index contributed by atoms with van der Waals surface area (Å²) >= 11 is 1.80. The van der Waals surface area contributed by atoms with Crippen molar-refractivity contribution in [3.63, 3.8) is 0 Å². The van der Waals surface area contributed by atoms with Gasteiger partial charge >= 0.3 is 0 Å². The third kappa shape index (κ3) is 3.90. The highest BCUT2D eigenvalue weighted by atomic mass is 32.2. The van der Waals surface area contributed by atoms with Crippen molar-refractivity contribution in [2.75, 3.05) is 31.2 Å². The molecule has 0 radical (unpaired) electrons. The number of para-hydroxylation sites is 1. The van der Waals surface area contributed by atoms with E-state index >= 15 is 0 Å². The Morgan fingerprint density at radius 2 is 2.07 bits per heavy atom. The molecule has 2 aromatic rings. The lowest BCUT2D eigenvalue weighted by Gasteiger charge is -2.35. The van der Waals surface area contributed by atoms with Crippen LogP contribution < -0.4 is 5.32 Å². The third-order valence-corrected chi connectivity index (χ3v) is 6.53. The number of nitrogens with zero attached hydrogens (tertiary/aromatic N) is 1. The monoisotopic (exact) mass is 384 g/mol. The number of carbonyl (C=O) groups excluding carboxylic acids is 1. The number of hydrogen-bond acceptors (Lipinski definition) is 4. The fourth-order valence-corrected chi connectivity index (χ4v) is 4.92. The number of hydrogen-bond donors (Lipinski definition) is 1. The highest BCUT2D eigenvalue weighted by molar-refractivity contribution is 7.98. The number of benzene rings is 2. The highest BCUT2D eigenvalue weighted by Crippen LogP contribution is 2.44. The molecule has 1 fully saturated rings. The van der Waals surface area contributed by atoms with E-state index in [2.05, 4.69) is 34.7 Å². The van der Waals surface area contributed by atoms with E-state index in [0.717, 1.165) is 32.5 Å². The molecule has 2 aromatic carbocycles. The average Bonchev–Trinajstić information content (AvgIpc) is 3.06. The number of carbonyl (C=O) groups is 1. The molecular formula is C22H25FN2OS. The van der Waals surface area contributed by atoms with Crippen LogP contribution >= 0.6 is 11.8 Å². The molecule has 0 saturated carbocycles. The van der Waals surface area contributed by atoms with Gasteiger partial charge in [0.25, 0.3) is 0 Å². The molecule has 0 aliphatic carbocycles. The van der Waals surface area contributed by atoms with E-state index in [1.165, 1.54) is 28.3 Å². The Bertz CT molecular complexity index is 824. The topological polar surface area (TPSA) is 32.3 Å². The standard InChI is InChI=1S/C22H25FN2OS/c1-27-21-6-2-4-17-18-14-25(13-11-19(18)24-22(17)21)12-3-5-20(26)15-7-9-16(23)10-8-15/h2,4,6-10,18-19,24H,3,5,11-14H2,1H3. The quantitative estimate of drug-likeness (QED) is 0.573. The minimum atomic E-state index is -0.301. The SMILES string of the molecule is CSc1cccc2c1NC1CCN(CCCC(=O)c3ccc(F)cc3)CC21. The lowest BCUT2D eigenvalue weighted by Crippen LogP contribution is -2.42. The number of ketones is 1. The molecule has 4 rings (SSSR count). The number of piperidine rings is 1. The Morgan fingerprint density at radius 3 is 2.85 bits per heavy atom. The average molecular weight is 385 g/mol. The van der Waals surface area contributed by atoms with Gasteiger partial charge in [-0.1, -0.05) is 12.1 Å². The summed E-state index contributed by atoms with van der Waals surface area (Å²) in [6, 6.07) is 13.0. The second-order valence-corrected chi connectivity index (χ2v) is 8.25. The Labute approximate surface area is 164 Å². The first-order valence-electron chi connectivity index (χ1n) is 9.60. The number of rotatable bonds is 6. The van der Waals surface area contributed by atoms with Crippen molar-refractivity contribution in [2.45, 2.75) is 36.1 Å². The lowest BCUT2D eigenvalue weighted by molar-refractivity contribution is 0.0971. The summed E-state index contributed by atoms with van der Waals surface area (Å²) in [6.45, 7) is 3.06. The fraction of sp³-hybridized carbons (Fsp3) is 0.409. The molecule has 0 bridgehead atoms. The molecule has 0 amide bonds. The van der Waals surface area contributed by atoms with Crippen LogP contribution in [-0.4, -0.2) is 42.6 Å². The van der Waals surface area contributed by atoms with E-state index in [-0.39, 0.29) is 11.6 Å². The maximum absolute atomic E-state index is 13.0. The summed E-state index contributed by atoms with van der Waals surface area (Å²) < 4.78 is 13.0. The van der Waals surface area contributed by atoms with Crippen LogP contribution in [0.2, 0.25) is 0 Å². The van der Waals surface area contributed by atoms with Gasteiger partial charge in [-0.15, -0.1) is 11.8 Å². The van der Waals surface area contributed by atoms with Gasteiger partial charge in [-0.25, -0.2) is 4.39 Å². The van der Waals surface area contributed by atoms with Gasteiger partial charge in [-0.2, -0.15) is 0 Å². The number of fused-ring (bicyclic) bond motifs is 3. The van der Waals surface area contributed by atoms with Crippen molar-refractivity contribution in [2.24, 2.45) is 0 Å². The van der Waals surface area contributed by atoms with Crippen LogP contribution in [0.4, 0.5) is 10.1 Å². The fourth-order valence-electron chi connectivity index (χ4n) is 4.32. The second-order valence-electron chi connectivity index (χ2n) is 7.40. The summed E-state index contributed by atoms with van der Waals surface area (Å²) in [6.07, 6.45) is 4.63. The van der Waals surface area contributed by atoms with Crippen LogP contribution in [0.5, 0.6) is 0 Å². The summed E-state index contributed by atoms with van der Waals surface area (Å²) in [5.74, 6) is 0.334. The van der Waals surface area contributed by atoms with Crippen LogP contribution in [0.25, 0.3) is 0 Å². The number of Topliss-reactive ketones (excluding diaryl/α,β-unsaturated/α-hetero) is 1. The molecule has 142 valence electrons.